The lowest BCUT2D eigenvalue weighted by Gasteiger charge is -2.28. The van der Waals surface area contributed by atoms with Crippen molar-refractivity contribution in [2.75, 3.05) is 0 Å². The average molecular weight is 300 g/mol. The van der Waals surface area contributed by atoms with Crippen LogP contribution in [0.4, 0.5) is 0 Å². The van der Waals surface area contributed by atoms with Gasteiger partial charge in [-0.2, -0.15) is 0 Å². The zero-order valence-electron chi connectivity index (χ0n) is 11.6. The number of aromatic carboxylic acids is 2. The van der Waals surface area contributed by atoms with Gasteiger partial charge < -0.3 is 20.5 Å². The van der Waals surface area contributed by atoms with Gasteiger partial charge in [-0.1, -0.05) is 24.3 Å². The average Bonchev–Trinajstić information content (AvgIpc) is 2.48. The van der Waals surface area contributed by atoms with Gasteiger partial charge in [-0.25, -0.2) is 9.59 Å². The molecule has 0 aliphatic carbocycles. The molecule has 6 nitrogen and oxygen atoms in total. The molecule has 0 aromatic heterocycles. The van der Waals surface area contributed by atoms with Crippen molar-refractivity contribution < 1.29 is 19.8 Å². The Bertz CT molecular complexity index is 604. The van der Waals surface area contributed by atoms with Gasteiger partial charge in [0.2, 0.25) is 0 Å². The van der Waals surface area contributed by atoms with E-state index in [2.05, 4.69) is 0 Å². The number of benzene rings is 2. The molecular formula is C16H14NO5-. The van der Waals surface area contributed by atoms with E-state index in [0.717, 1.165) is 5.06 Å². The summed E-state index contributed by atoms with van der Waals surface area (Å²) >= 11 is 0. The van der Waals surface area contributed by atoms with Gasteiger partial charge in [0.1, 0.15) is 0 Å². The van der Waals surface area contributed by atoms with Crippen molar-refractivity contribution in [2.24, 2.45) is 0 Å². The minimum absolute atomic E-state index is 0.126. The van der Waals surface area contributed by atoms with Crippen LogP contribution in [0.5, 0.6) is 0 Å². The van der Waals surface area contributed by atoms with E-state index in [1.165, 1.54) is 24.3 Å². The van der Waals surface area contributed by atoms with E-state index < -0.39 is 11.9 Å². The highest BCUT2D eigenvalue weighted by atomic mass is 16.5. The van der Waals surface area contributed by atoms with Crippen molar-refractivity contribution in [1.29, 1.82) is 0 Å². The summed E-state index contributed by atoms with van der Waals surface area (Å²) in [6.07, 6.45) is 0. The zero-order chi connectivity index (χ0) is 16.1. The Morgan fingerprint density at radius 1 is 0.773 bits per heavy atom. The summed E-state index contributed by atoms with van der Waals surface area (Å²) in [5, 5.41) is 30.3. The van der Waals surface area contributed by atoms with Crippen molar-refractivity contribution in [1.82, 2.24) is 5.06 Å². The standard InChI is InChI=1S/C16H14NO5/c18-15(19)13-5-1-11(2-6-13)9-17(22)10-12-3-7-14(8-4-12)16(20)21/h1-8H,9-10H2,(H,18,19)(H,20,21)/q-1. The third kappa shape index (κ3) is 4.15. The minimum atomic E-state index is -1.01. The molecule has 0 heterocycles. The Kier molecular flexibility index (Phi) is 4.88. The highest BCUT2D eigenvalue weighted by molar-refractivity contribution is 5.87. The molecule has 22 heavy (non-hydrogen) atoms. The lowest BCUT2D eigenvalue weighted by Crippen LogP contribution is -2.15. The van der Waals surface area contributed by atoms with E-state index in [4.69, 9.17) is 10.2 Å². The number of hydrogen-bond donors (Lipinski definition) is 2. The third-order valence-corrected chi connectivity index (χ3v) is 3.12. The van der Waals surface area contributed by atoms with Crippen LogP contribution in [0.3, 0.4) is 0 Å². The number of carboxylic acid groups (broad SMARTS) is 2. The monoisotopic (exact) mass is 300 g/mol. The van der Waals surface area contributed by atoms with E-state index in [-0.39, 0.29) is 24.2 Å². The van der Waals surface area contributed by atoms with Crippen LogP contribution in [0.1, 0.15) is 31.8 Å². The maximum absolute atomic E-state index is 11.9. The van der Waals surface area contributed by atoms with Gasteiger partial charge in [0.05, 0.1) is 11.1 Å². The number of nitrogens with zero attached hydrogens (tertiary/aromatic N) is 1. The summed E-state index contributed by atoms with van der Waals surface area (Å²) < 4.78 is 0. The lowest BCUT2D eigenvalue weighted by atomic mass is 10.1. The third-order valence-electron chi connectivity index (χ3n) is 3.12. The lowest BCUT2D eigenvalue weighted by molar-refractivity contribution is 0.0686. The number of rotatable bonds is 6. The van der Waals surface area contributed by atoms with Gasteiger partial charge in [-0.3, -0.25) is 0 Å². The molecule has 0 fully saturated rings. The zero-order valence-corrected chi connectivity index (χ0v) is 11.6. The molecule has 2 N–H and O–H groups in total. The van der Waals surface area contributed by atoms with Gasteiger partial charge >= 0.3 is 11.9 Å². The Morgan fingerprint density at radius 3 is 1.36 bits per heavy atom. The fourth-order valence-corrected chi connectivity index (χ4v) is 1.97. The second kappa shape index (κ2) is 6.84. The molecule has 0 radical (unpaired) electrons. The number of carbonyl (C=O) groups is 2. The second-order valence-corrected chi connectivity index (χ2v) is 4.80. The van der Waals surface area contributed by atoms with Crippen LogP contribution in [-0.2, 0) is 13.1 Å². The smallest absolute Gasteiger partial charge is 0.335 e. The molecule has 0 saturated heterocycles. The maximum Gasteiger partial charge on any atom is 0.335 e. The molecule has 0 aliphatic heterocycles. The van der Waals surface area contributed by atoms with Crippen LogP contribution in [0.25, 0.3) is 0 Å². The van der Waals surface area contributed by atoms with Gasteiger partial charge in [0.15, 0.2) is 0 Å². The Labute approximate surface area is 126 Å². The molecule has 0 unspecified atom stereocenters. The Morgan fingerprint density at radius 2 is 1.09 bits per heavy atom. The van der Waals surface area contributed by atoms with Crippen LogP contribution in [0.2, 0.25) is 0 Å². The van der Waals surface area contributed by atoms with E-state index in [1.54, 1.807) is 24.3 Å². The summed E-state index contributed by atoms with van der Waals surface area (Å²) in [5.74, 6) is -2.02. The molecule has 2 aromatic rings. The Balaban J connectivity index is 1.95. The molecule has 2 aromatic carbocycles. The molecule has 0 aliphatic rings. The molecule has 6 heteroatoms. The van der Waals surface area contributed by atoms with Gasteiger partial charge in [0, 0.05) is 13.1 Å². The molecule has 2 rings (SSSR count). The van der Waals surface area contributed by atoms with Crippen LogP contribution in [0.15, 0.2) is 48.5 Å². The first-order valence-electron chi connectivity index (χ1n) is 6.52. The van der Waals surface area contributed by atoms with E-state index in [1.807, 2.05) is 0 Å². The predicted octanol–water partition coefficient (Wildman–Crippen LogP) is 2.58. The number of carboxylic acids is 2. The van der Waals surface area contributed by atoms with E-state index >= 15 is 0 Å². The van der Waals surface area contributed by atoms with Crippen LogP contribution in [0, 0.1) is 5.21 Å². The fourth-order valence-electron chi connectivity index (χ4n) is 1.97. The van der Waals surface area contributed by atoms with Crippen molar-refractivity contribution in [3.8, 4) is 0 Å². The summed E-state index contributed by atoms with van der Waals surface area (Å²) in [6, 6.07) is 12.2. The second-order valence-electron chi connectivity index (χ2n) is 4.80. The number of hydrogen-bond acceptors (Lipinski definition) is 4. The van der Waals surface area contributed by atoms with Crippen molar-refractivity contribution in [3.63, 3.8) is 0 Å². The maximum atomic E-state index is 11.9. The predicted molar refractivity (Wildman–Crippen MR) is 79.4 cm³/mol. The van der Waals surface area contributed by atoms with Crippen LogP contribution >= 0.6 is 0 Å². The van der Waals surface area contributed by atoms with Crippen molar-refractivity contribution in [2.45, 2.75) is 13.1 Å². The summed E-state index contributed by atoms with van der Waals surface area (Å²) in [4.78, 5) is 21.5. The largest absolute Gasteiger partial charge is 0.785 e. The first-order chi connectivity index (χ1) is 10.5. The van der Waals surface area contributed by atoms with E-state index in [0.29, 0.717) is 11.1 Å². The van der Waals surface area contributed by atoms with Crippen molar-refractivity contribution >= 4 is 11.9 Å². The van der Waals surface area contributed by atoms with Crippen molar-refractivity contribution in [3.05, 3.63) is 76.0 Å². The minimum Gasteiger partial charge on any atom is -0.785 e. The number of hydroxylamine groups is 2. The molecule has 0 atom stereocenters. The van der Waals surface area contributed by atoms with Gasteiger partial charge in [-0.15, -0.1) is 0 Å². The van der Waals surface area contributed by atoms with E-state index in [9.17, 15) is 14.8 Å². The highest BCUT2D eigenvalue weighted by Crippen LogP contribution is 2.11. The van der Waals surface area contributed by atoms with Crippen LogP contribution in [-0.4, -0.2) is 27.2 Å². The molecule has 0 saturated carbocycles. The summed E-state index contributed by atoms with van der Waals surface area (Å²) in [7, 11) is 0. The molecule has 0 spiro atoms. The summed E-state index contributed by atoms with van der Waals surface area (Å²) in [6.45, 7) is 0.251. The topological polar surface area (TPSA) is 101 Å². The molecule has 0 bridgehead atoms. The molecular weight excluding hydrogens is 286 g/mol. The molecule has 0 amide bonds. The Hall–Kier alpha value is -2.70. The van der Waals surface area contributed by atoms with Gasteiger partial charge in [0.25, 0.3) is 0 Å². The highest BCUT2D eigenvalue weighted by Gasteiger charge is 2.04. The molecule has 114 valence electrons. The first kappa shape index (κ1) is 15.7. The quantitative estimate of drug-likeness (QED) is 0.795. The van der Waals surface area contributed by atoms with Crippen LogP contribution < -0.4 is 0 Å². The normalized spacial score (nSPS) is 10.6. The first-order valence-corrected chi connectivity index (χ1v) is 6.52. The summed E-state index contributed by atoms with van der Waals surface area (Å²) in [5.41, 5.74) is 1.76. The SMILES string of the molecule is O=C(O)c1ccc(CN([O-])Cc2ccc(C(=O)O)cc2)cc1. The van der Waals surface area contributed by atoms with Gasteiger partial charge in [-0.05, 0) is 35.4 Å². The fraction of sp³-hybridized carbons (Fsp3) is 0.125.